The molecule has 2 aliphatic heterocycles. The predicted molar refractivity (Wildman–Crippen MR) is 110 cm³/mol. The molecule has 1 N–H and O–H groups in total. The largest absolute Gasteiger partial charge is 0.496 e. The highest BCUT2D eigenvalue weighted by molar-refractivity contribution is 5.42. The van der Waals surface area contributed by atoms with Gasteiger partial charge in [-0.15, -0.1) is 0 Å². The van der Waals surface area contributed by atoms with E-state index >= 15 is 0 Å². The Kier molecular flexibility index (Phi) is 6.24. The van der Waals surface area contributed by atoms with Crippen LogP contribution in [0.3, 0.4) is 0 Å². The quantitative estimate of drug-likeness (QED) is 0.822. The smallest absolute Gasteiger partial charge is 0.227 e. The topological polar surface area (TPSA) is 62.8 Å². The lowest BCUT2D eigenvalue weighted by molar-refractivity contribution is 0.122. The molecule has 0 unspecified atom stereocenters. The first-order valence-electron chi connectivity index (χ1n) is 10.1. The number of para-hydroxylation sites is 1. The van der Waals surface area contributed by atoms with E-state index in [1.807, 2.05) is 24.4 Å². The monoisotopic (exact) mass is 383 g/mol. The van der Waals surface area contributed by atoms with Crippen molar-refractivity contribution in [2.24, 2.45) is 0 Å². The molecule has 0 spiro atoms. The van der Waals surface area contributed by atoms with Crippen molar-refractivity contribution in [3.63, 3.8) is 0 Å². The van der Waals surface area contributed by atoms with Gasteiger partial charge in [-0.2, -0.15) is 4.98 Å². The lowest BCUT2D eigenvalue weighted by Gasteiger charge is -2.33. The molecule has 2 aliphatic rings. The van der Waals surface area contributed by atoms with Crippen molar-refractivity contribution in [2.75, 3.05) is 56.7 Å². The standard InChI is InChI=1S/C21H29N5O2/c1-27-19-5-3-2-4-17(19)16-25-10-7-18(8-11-25)23-20-6-9-22-21(24-20)26-12-14-28-15-13-26/h2-6,9,18H,7-8,10-16H2,1H3,(H,22,23,24). The minimum absolute atomic E-state index is 0.446. The van der Waals surface area contributed by atoms with Crippen LogP contribution in [0.2, 0.25) is 0 Å². The van der Waals surface area contributed by atoms with E-state index in [1.54, 1.807) is 7.11 Å². The number of likely N-dealkylation sites (tertiary alicyclic amines) is 1. The van der Waals surface area contributed by atoms with Crippen molar-refractivity contribution in [1.82, 2.24) is 14.9 Å². The number of hydrogen-bond acceptors (Lipinski definition) is 7. The summed E-state index contributed by atoms with van der Waals surface area (Å²) in [6.45, 7) is 6.26. The lowest BCUT2D eigenvalue weighted by Crippen LogP contribution is -2.39. The molecule has 4 rings (SSSR count). The van der Waals surface area contributed by atoms with Crippen molar-refractivity contribution in [1.29, 1.82) is 0 Å². The highest BCUT2D eigenvalue weighted by Crippen LogP contribution is 2.23. The van der Waals surface area contributed by atoms with Crippen molar-refractivity contribution in [3.8, 4) is 5.75 Å². The Morgan fingerprint density at radius 2 is 1.89 bits per heavy atom. The van der Waals surface area contributed by atoms with Crippen molar-refractivity contribution < 1.29 is 9.47 Å². The van der Waals surface area contributed by atoms with Crippen LogP contribution in [0.5, 0.6) is 5.75 Å². The Morgan fingerprint density at radius 3 is 2.68 bits per heavy atom. The fraction of sp³-hybridized carbons (Fsp3) is 0.524. The number of hydrogen-bond donors (Lipinski definition) is 1. The maximum Gasteiger partial charge on any atom is 0.227 e. The molecule has 2 aromatic rings. The third kappa shape index (κ3) is 4.72. The van der Waals surface area contributed by atoms with Gasteiger partial charge in [0.1, 0.15) is 11.6 Å². The van der Waals surface area contributed by atoms with Gasteiger partial charge in [0, 0.05) is 50.5 Å². The third-order valence-corrected chi connectivity index (χ3v) is 5.46. The number of nitrogens with one attached hydrogen (secondary N) is 1. The summed E-state index contributed by atoms with van der Waals surface area (Å²) in [7, 11) is 1.74. The summed E-state index contributed by atoms with van der Waals surface area (Å²) in [5, 5.41) is 3.61. The number of aromatic nitrogens is 2. The third-order valence-electron chi connectivity index (χ3n) is 5.46. The minimum Gasteiger partial charge on any atom is -0.496 e. The van der Waals surface area contributed by atoms with E-state index in [-0.39, 0.29) is 0 Å². The molecule has 0 radical (unpaired) electrons. The second kappa shape index (κ2) is 9.21. The average molecular weight is 383 g/mol. The van der Waals surface area contributed by atoms with E-state index in [9.17, 15) is 0 Å². The zero-order valence-corrected chi connectivity index (χ0v) is 16.5. The Balaban J connectivity index is 1.30. The second-order valence-corrected chi connectivity index (χ2v) is 7.35. The van der Waals surface area contributed by atoms with Crippen LogP contribution in [0.25, 0.3) is 0 Å². The molecule has 7 nitrogen and oxygen atoms in total. The minimum atomic E-state index is 0.446. The van der Waals surface area contributed by atoms with Crippen LogP contribution >= 0.6 is 0 Å². The molecule has 0 bridgehead atoms. The van der Waals surface area contributed by atoms with Crippen molar-refractivity contribution in [2.45, 2.75) is 25.4 Å². The molecule has 2 fully saturated rings. The lowest BCUT2D eigenvalue weighted by atomic mass is 10.0. The first-order chi connectivity index (χ1) is 13.8. The fourth-order valence-electron chi connectivity index (χ4n) is 3.86. The first-order valence-corrected chi connectivity index (χ1v) is 10.1. The van der Waals surface area contributed by atoms with E-state index in [2.05, 4.69) is 32.2 Å². The summed E-state index contributed by atoms with van der Waals surface area (Å²) in [6, 6.07) is 10.7. The van der Waals surface area contributed by atoms with E-state index in [1.165, 1.54) is 5.56 Å². The van der Waals surface area contributed by atoms with Crippen LogP contribution < -0.4 is 15.0 Å². The van der Waals surface area contributed by atoms with Gasteiger partial charge in [0.15, 0.2) is 0 Å². The molecule has 150 valence electrons. The highest BCUT2D eigenvalue weighted by atomic mass is 16.5. The Bertz CT molecular complexity index is 758. The highest BCUT2D eigenvalue weighted by Gasteiger charge is 2.21. The number of anilines is 2. The number of methoxy groups -OCH3 is 1. The molecule has 2 saturated heterocycles. The van der Waals surface area contributed by atoms with Crippen LogP contribution in [-0.2, 0) is 11.3 Å². The number of rotatable bonds is 6. The number of morpholine rings is 1. The summed E-state index contributed by atoms with van der Waals surface area (Å²) in [4.78, 5) is 13.8. The maximum atomic E-state index is 5.48. The molecule has 0 saturated carbocycles. The maximum absolute atomic E-state index is 5.48. The Hall–Kier alpha value is -2.38. The molecule has 28 heavy (non-hydrogen) atoms. The molecule has 1 aromatic carbocycles. The Morgan fingerprint density at radius 1 is 1.11 bits per heavy atom. The van der Waals surface area contributed by atoms with Crippen LogP contribution in [0.15, 0.2) is 36.5 Å². The zero-order chi connectivity index (χ0) is 19.2. The molecule has 0 atom stereocenters. The van der Waals surface area contributed by atoms with Crippen molar-refractivity contribution in [3.05, 3.63) is 42.1 Å². The molecule has 3 heterocycles. The summed E-state index contributed by atoms with van der Waals surface area (Å²) in [5.41, 5.74) is 1.25. The van der Waals surface area contributed by atoms with Gasteiger partial charge in [-0.3, -0.25) is 4.90 Å². The van der Waals surface area contributed by atoms with E-state index in [0.29, 0.717) is 6.04 Å². The van der Waals surface area contributed by atoms with Crippen molar-refractivity contribution >= 4 is 11.8 Å². The summed E-state index contributed by atoms with van der Waals surface area (Å²) < 4.78 is 10.9. The molecule has 1 aromatic heterocycles. The molecular formula is C21H29N5O2. The normalized spacial score (nSPS) is 18.8. The Labute approximate surface area is 166 Å². The van der Waals surface area contributed by atoms with Gasteiger partial charge in [-0.25, -0.2) is 4.98 Å². The van der Waals surface area contributed by atoms with Crippen LogP contribution in [0, 0.1) is 0 Å². The van der Waals surface area contributed by atoms with E-state index < -0.39 is 0 Å². The number of ether oxygens (including phenoxy) is 2. The zero-order valence-electron chi connectivity index (χ0n) is 16.5. The number of piperidine rings is 1. The summed E-state index contributed by atoms with van der Waals surface area (Å²) in [5.74, 6) is 2.68. The molecule has 7 heteroatoms. The van der Waals surface area contributed by atoms with Crippen LogP contribution in [-0.4, -0.2) is 67.4 Å². The SMILES string of the molecule is COc1ccccc1CN1CCC(Nc2ccnc(N3CCOCC3)n2)CC1. The van der Waals surface area contributed by atoms with Gasteiger partial charge in [-0.05, 0) is 25.0 Å². The fourth-order valence-corrected chi connectivity index (χ4v) is 3.86. The summed E-state index contributed by atoms with van der Waals surface area (Å²) in [6.07, 6.45) is 4.05. The second-order valence-electron chi connectivity index (χ2n) is 7.35. The average Bonchev–Trinajstić information content (AvgIpc) is 2.76. The van der Waals surface area contributed by atoms with Crippen LogP contribution in [0.4, 0.5) is 11.8 Å². The van der Waals surface area contributed by atoms with Gasteiger partial charge in [0.2, 0.25) is 5.95 Å². The molecular weight excluding hydrogens is 354 g/mol. The van der Waals surface area contributed by atoms with Gasteiger partial charge in [-0.1, -0.05) is 18.2 Å². The van der Waals surface area contributed by atoms with Crippen LogP contribution in [0.1, 0.15) is 18.4 Å². The molecule has 0 aliphatic carbocycles. The van der Waals surface area contributed by atoms with Gasteiger partial charge in [0.05, 0.1) is 20.3 Å². The van der Waals surface area contributed by atoms with E-state index in [0.717, 1.165) is 76.3 Å². The van der Waals surface area contributed by atoms with Gasteiger partial charge < -0.3 is 19.7 Å². The van der Waals surface area contributed by atoms with E-state index in [4.69, 9.17) is 14.5 Å². The molecule has 0 amide bonds. The first kappa shape index (κ1) is 19.0. The van der Waals surface area contributed by atoms with Gasteiger partial charge in [0.25, 0.3) is 0 Å². The predicted octanol–water partition coefficient (Wildman–Crippen LogP) is 2.40. The number of nitrogens with zero attached hydrogens (tertiary/aromatic N) is 4. The van der Waals surface area contributed by atoms with Gasteiger partial charge >= 0.3 is 0 Å². The number of benzene rings is 1. The summed E-state index contributed by atoms with van der Waals surface area (Å²) >= 11 is 0.